The number of hydrogen-bond donors (Lipinski definition) is 0. The second-order valence-corrected chi connectivity index (χ2v) is 5.10. The van der Waals surface area contributed by atoms with Crippen LogP contribution in [0.1, 0.15) is 26.6 Å². The van der Waals surface area contributed by atoms with Gasteiger partial charge in [0.15, 0.2) is 0 Å². The Kier molecular flexibility index (Phi) is 2.41. The molecule has 5 nitrogen and oxygen atoms in total. The molecule has 2 aromatic rings. The van der Waals surface area contributed by atoms with E-state index in [1.807, 2.05) is 11.5 Å². The van der Waals surface area contributed by atoms with Crippen LogP contribution in [-0.4, -0.2) is 14.5 Å². The highest BCUT2D eigenvalue weighted by molar-refractivity contribution is 5.79. The molecule has 0 atom stereocenters. The van der Waals surface area contributed by atoms with E-state index in [1.54, 1.807) is 12.1 Å². The van der Waals surface area contributed by atoms with E-state index in [0.29, 0.717) is 0 Å². The molecule has 0 radical (unpaired) electrons. The third-order valence-corrected chi connectivity index (χ3v) is 2.69. The Hall–Kier alpha value is -1.91. The average Bonchev–Trinajstić information content (AvgIpc) is 2.51. The predicted molar refractivity (Wildman–Crippen MR) is 66.1 cm³/mol. The minimum absolute atomic E-state index is 0.0999. The van der Waals surface area contributed by atoms with Gasteiger partial charge in [-0.3, -0.25) is 10.1 Å². The molecule has 17 heavy (non-hydrogen) atoms. The molecule has 0 saturated carbocycles. The summed E-state index contributed by atoms with van der Waals surface area (Å²) in [5, 5.41) is 10.8. The summed E-state index contributed by atoms with van der Waals surface area (Å²) in [5.41, 5.74) is 1.56. The molecule has 0 bridgehead atoms. The lowest BCUT2D eigenvalue weighted by atomic mass is 10.1. The van der Waals surface area contributed by atoms with Crippen LogP contribution < -0.4 is 0 Å². The molecule has 0 N–H and O–H groups in total. The predicted octanol–water partition coefficient (Wildman–Crippen LogP) is 3.01. The van der Waals surface area contributed by atoms with Gasteiger partial charge in [-0.15, -0.1) is 0 Å². The molecular weight excluding hydrogens is 218 g/mol. The highest BCUT2D eigenvalue weighted by Crippen LogP contribution is 2.27. The minimum Gasteiger partial charge on any atom is -0.323 e. The number of rotatable bonds is 1. The van der Waals surface area contributed by atoms with E-state index >= 15 is 0 Å². The van der Waals surface area contributed by atoms with E-state index in [4.69, 9.17) is 0 Å². The van der Waals surface area contributed by atoms with Gasteiger partial charge < -0.3 is 4.57 Å². The third-order valence-electron chi connectivity index (χ3n) is 2.69. The highest BCUT2D eigenvalue weighted by Gasteiger charge is 2.20. The van der Waals surface area contributed by atoms with Crippen LogP contribution in [0.15, 0.2) is 18.2 Å². The maximum atomic E-state index is 10.8. The summed E-state index contributed by atoms with van der Waals surface area (Å²) in [5.74, 6) is 0.869. The van der Waals surface area contributed by atoms with Gasteiger partial charge in [0.2, 0.25) is 0 Å². The lowest BCUT2D eigenvalue weighted by Crippen LogP contribution is -2.22. The molecule has 0 amide bonds. The van der Waals surface area contributed by atoms with Crippen LogP contribution in [0.25, 0.3) is 11.0 Å². The number of nitrogens with zero attached hydrogens (tertiary/aromatic N) is 3. The summed E-state index contributed by atoms with van der Waals surface area (Å²) in [6.45, 7) is 8.08. The van der Waals surface area contributed by atoms with E-state index in [1.165, 1.54) is 6.07 Å². The number of hydrogen-bond acceptors (Lipinski definition) is 3. The van der Waals surface area contributed by atoms with Crippen LogP contribution in [-0.2, 0) is 5.54 Å². The van der Waals surface area contributed by atoms with Crippen LogP contribution in [0.5, 0.6) is 0 Å². The van der Waals surface area contributed by atoms with Gasteiger partial charge >= 0.3 is 0 Å². The quantitative estimate of drug-likeness (QED) is 0.562. The summed E-state index contributed by atoms with van der Waals surface area (Å²) in [6, 6.07) is 4.77. The Labute approximate surface area is 99.2 Å². The Morgan fingerprint density at radius 1 is 1.35 bits per heavy atom. The highest BCUT2D eigenvalue weighted by atomic mass is 16.6. The molecule has 0 fully saturated rings. The third kappa shape index (κ3) is 1.88. The van der Waals surface area contributed by atoms with Crippen LogP contribution in [0.2, 0.25) is 0 Å². The topological polar surface area (TPSA) is 61.0 Å². The van der Waals surface area contributed by atoms with Crippen molar-refractivity contribution in [2.75, 3.05) is 0 Å². The lowest BCUT2D eigenvalue weighted by Gasteiger charge is -2.23. The monoisotopic (exact) mass is 233 g/mol. The van der Waals surface area contributed by atoms with Crippen molar-refractivity contribution in [2.45, 2.75) is 33.2 Å². The molecule has 1 aromatic heterocycles. The first-order chi connectivity index (χ1) is 7.80. The zero-order chi connectivity index (χ0) is 12.8. The minimum atomic E-state index is -0.380. The molecule has 5 heteroatoms. The number of nitro groups is 1. The van der Waals surface area contributed by atoms with Gasteiger partial charge in [0.05, 0.1) is 16.0 Å². The second-order valence-electron chi connectivity index (χ2n) is 5.10. The summed E-state index contributed by atoms with van der Waals surface area (Å²) in [7, 11) is 0. The molecule has 1 aromatic carbocycles. The number of nitro benzene ring substituents is 1. The van der Waals surface area contributed by atoms with Gasteiger partial charge in [0.25, 0.3) is 5.69 Å². The van der Waals surface area contributed by atoms with E-state index in [9.17, 15) is 10.1 Å². The molecule has 2 rings (SSSR count). The van der Waals surface area contributed by atoms with E-state index in [0.717, 1.165) is 16.9 Å². The first-order valence-corrected chi connectivity index (χ1v) is 5.44. The molecule has 0 spiro atoms. The maximum Gasteiger partial charge on any atom is 0.271 e. The van der Waals surface area contributed by atoms with Gasteiger partial charge in [0.1, 0.15) is 5.82 Å². The Balaban J connectivity index is 2.78. The van der Waals surface area contributed by atoms with Crippen molar-refractivity contribution in [3.8, 4) is 0 Å². The zero-order valence-corrected chi connectivity index (χ0v) is 10.4. The standard InChI is InChI=1S/C12H15N3O2/c1-8-13-10-6-5-9(15(16)17)7-11(10)14(8)12(2,3)4/h5-7H,1-4H3. The summed E-state index contributed by atoms with van der Waals surface area (Å²) in [6.07, 6.45) is 0. The molecular formula is C12H15N3O2. The molecule has 90 valence electrons. The number of fused-ring (bicyclic) bond motifs is 1. The Bertz CT molecular complexity index is 594. The molecule has 0 aliphatic rings. The van der Waals surface area contributed by atoms with Crippen LogP contribution in [0.4, 0.5) is 5.69 Å². The Morgan fingerprint density at radius 3 is 2.53 bits per heavy atom. The molecule has 0 unspecified atom stereocenters. The van der Waals surface area contributed by atoms with Crippen molar-refractivity contribution in [3.63, 3.8) is 0 Å². The van der Waals surface area contributed by atoms with E-state index in [-0.39, 0.29) is 16.1 Å². The van der Waals surface area contributed by atoms with Gasteiger partial charge in [0, 0.05) is 17.7 Å². The zero-order valence-electron chi connectivity index (χ0n) is 10.4. The fraction of sp³-hybridized carbons (Fsp3) is 0.417. The molecule has 0 aliphatic heterocycles. The van der Waals surface area contributed by atoms with Crippen LogP contribution >= 0.6 is 0 Å². The van der Waals surface area contributed by atoms with Crippen molar-refractivity contribution < 1.29 is 4.92 Å². The van der Waals surface area contributed by atoms with E-state index in [2.05, 4.69) is 25.8 Å². The van der Waals surface area contributed by atoms with Crippen molar-refractivity contribution in [1.82, 2.24) is 9.55 Å². The molecule has 0 aliphatic carbocycles. The largest absolute Gasteiger partial charge is 0.323 e. The summed E-state index contributed by atoms with van der Waals surface area (Å²) < 4.78 is 2.02. The smallest absolute Gasteiger partial charge is 0.271 e. The summed E-state index contributed by atoms with van der Waals surface area (Å²) >= 11 is 0. The normalized spacial score (nSPS) is 12.0. The Morgan fingerprint density at radius 2 is 2.00 bits per heavy atom. The van der Waals surface area contributed by atoms with Crippen molar-refractivity contribution >= 4 is 16.7 Å². The molecule has 0 saturated heterocycles. The van der Waals surface area contributed by atoms with Gasteiger partial charge in [-0.25, -0.2) is 4.98 Å². The number of aromatic nitrogens is 2. The first kappa shape index (κ1) is 11.6. The van der Waals surface area contributed by atoms with Crippen LogP contribution in [0.3, 0.4) is 0 Å². The molecule has 1 heterocycles. The van der Waals surface area contributed by atoms with Gasteiger partial charge in [-0.1, -0.05) is 0 Å². The number of aryl methyl sites for hydroxylation is 1. The van der Waals surface area contributed by atoms with Crippen molar-refractivity contribution in [3.05, 3.63) is 34.1 Å². The van der Waals surface area contributed by atoms with Crippen LogP contribution in [0, 0.1) is 17.0 Å². The van der Waals surface area contributed by atoms with Crippen molar-refractivity contribution in [2.24, 2.45) is 0 Å². The fourth-order valence-electron chi connectivity index (χ4n) is 2.14. The SMILES string of the molecule is Cc1nc2ccc([N+](=O)[O-])cc2n1C(C)(C)C. The maximum absolute atomic E-state index is 10.8. The number of non-ortho nitro benzene ring substituents is 1. The number of imidazole rings is 1. The van der Waals surface area contributed by atoms with Crippen molar-refractivity contribution in [1.29, 1.82) is 0 Å². The second kappa shape index (κ2) is 3.55. The average molecular weight is 233 g/mol. The summed E-state index contributed by atoms with van der Waals surface area (Å²) in [4.78, 5) is 14.8. The van der Waals surface area contributed by atoms with E-state index < -0.39 is 0 Å². The lowest BCUT2D eigenvalue weighted by molar-refractivity contribution is -0.384. The van der Waals surface area contributed by atoms with Gasteiger partial charge in [-0.05, 0) is 33.8 Å². The fourth-order valence-corrected chi connectivity index (χ4v) is 2.14. The van der Waals surface area contributed by atoms with Gasteiger partial charge in [-0.2, -0.15) is 0 Å². The number of benzene rings is 1. The first-order valence-electron chi connectivity index (χ1n) is 5.44.